The van der Waals surface area contributed by atoms with Gasteiger partial charge in [0.25, 0.3) is 0 Å². The van der Waals surface area contributed by atoms with E-state index in [1.165, 1.54) is 23.1 Å². The van der Waals surface area contributed by atoms with Crippen LogP contribution in [0.3, 0.4) is 0 Å². The molecule has 3 rings (SSSR count). The summed E-state index contributed by atoms with van der Waals surface area (Å²) in [6.45, 7) is 5.46. The lowest BCUT2D eigenvalue weighted by Gasteiger charge is -2.31. The highest BCUT2D eigenvalue weighted by Crippen LogP contribution is 2.37. The Hall–Kier alpha value is -3.07. The first-order valence-corrected chi connectivity index (χ1v) is 11.7. The largest absolute Gasteiger partial charge is 0.487 e. The number of nitrogens with zero attached hydrogens (tertiary/aromatic N) is 1. The summed E-state index contributed by atoms with van der Waals surface area (Å²) in [4.78, 5) is 25.5. The number of aromatic carboxylic acids is 1. The van der Waals surface area contributed by atoms with Crippen molar-refractivity contribution in [3.63, 3.8) is 0 Å². The molecule has 1 amide bonds. The molecule has 0 fully saturated rings. The zero-order chi connectivity index (χ0) is 23.7. The van der Waals surface area contributed by atoms with Crippen molar-refractivity contribution in [1.82, 2.24) is 4.90 Å². The molecular weight excluding hydrogens is 434 g/mol. The Morgan fingerprint density at radius 1 is 1.16 bits per heavy atom. The number of sulfone groups is 1. The van der Waals surface area contributed by atoms with Gasteiger partial charge in [0.1, 0.15) is 23.0 Å². The summed E-state index contributed by atoms with van der Waals surface area (Å²) >= 11 is 0. The van der Waals surface area contributed by atoms with Crippen molar-refractivity contribution < 1.29 is 32.6 Å². The number of carbonyl (C=O) groups is 2. The van der Waals surface area contributed by atoms with Crippen molar-refractivity contribution in [2.24, 2.45) is 0 Å². The minimum absolute atomic E-state index is 0.000492. The van der Waals surface area contributed by atoms with Crippen LogP contribution < -0.4 is 4.74 Å². The number of likely N-dealkylation sites (N-methyl/N-ethyl adjacent to an activating group) is 1. The number of carbonyl (C=O) groups excluding carboxylic acids is 1. The van der Waals surface area contributed by atoms with Gasteiger partial charge in [-0.1, -0.05) is 24.3 Å². The van der Waals surface area contributed by atoms with Crippen LogP contribution in [0.1, 0.15) is 43.1 Å². The first-order valence-electron chi connectivity index (χ1n) is 10.2. The molecule has 2 aromatic carbocycles. The fourth-order valence-electron chi connectivity index (χ4n) is 3.48. The molecule has 32 heavy (non-hydrogen) atoms. The molecule has 0 radical (unpaired) electrons. The number of carboxylic acids is 1. The number of ether oxygens (including phenoxy) is 2. The second kappa shape index (κ2) is 8.82. The smallest absolute Gasteiger partial charge is 0.410 e. The molecule has 1 atom stereocenters. The van der Waals surface area contributed by atoms with Crippen LogP contribution in [0.5, 0.6) is 5.75 Å². The van der Waals surface area contributed by atoms with Crippen LogP contribution >= 0.6 is 0 Å². The van der Waals surface area contributed by atoms with Crippen molar-refractivity contribution in [3.8, 4) is 5.75 Å². The number of hydrogen-bond donors (Lipinski definition) is 1. The van der Waals surface area contributed by atoms with Gasteiger partial charge in [0.2, 0.25) is 9.84 Å². The maximum Gasteiger partial charge on any atom is 0.410 e. The Labute approximate surface area is 187 Å². The Balaban J connectivity index is 1.93. The van der Waals surface area contributed by atoms with Crippen LogP contribution in [0, 0.1) is 0 Å². The number of hydrogen-bond acceptors (Lipinski definition) is 6. The summed E-state index contributed by atoms with van der Waals surface area (Å²) in [6.07, 6.45) is 0.0107. The average Bonchev–Trinajstić information content (AvgIpc) is 2.72. The lowest BCUT2D eigenvalue weighted by molar-refractivity contribution is 0.0209. The van der Waals surface area contributed by atoms with Crippen LogP contribution in [0.25, 0.3) is 0 Å². The Kier molecular flexibility index (Phi) is 6.50. The normalized spacial score (nSPS) is 15.9. The lowest BCUT2D eigenvalue weighted by atomic mass is 9.98. The van der Waals surface area contributed by atoms with Gasteiger partial charge in [-0.25, -0.2) is 18.0 Å². The highest BCUT2D eigenvalue weighted by Gasteiger charge is 2.33. The van der Waals surface area contributed by atoms with Gasteiger partial charge in [0.15, 0.2) is 0 Å². The van der Waals surface area contributed by atoms with Gasteiger partial charge in [-0.3, -0.25) is 0 Å². The first-order chi connectivity index (χ1) is 14.9. The Bertz CT molecular complexity index is 1120. The predicted octanol–water partition coefficient (Wildman–Crippen LogP) is 3.78. The summed E-state index contributed by atoms with van der Waals surface area (Å²) in [6, 6.07) is 10.6. The van der Waals surface area contributed by atoms with Crippen LogP contribution in [-0.2, 0) is 21.0 Å². The molecule has 1 unspecified atom stereocenters. The van der Waals surface area contributed by atoms with Gasteiger partial charge in [-0.15, -0.1) is 0 Å². The molecule has 0 saturated carbocycles. The highest BCUT2D eigenvalue weighted by molar-refractivity contribution is 7.91. The average molecular weight is 462 g/mol. The van der Waals surface area contributed by atoms with Crippen LogP contribution in [0.4, 0.5) is 4.79 Å². The van der Waals surface area contributed by atoms with E-state index in [1.807, 2.05) is 0 Å². The maximum absolute atomic E-state index is 13.1. The van der Waals surface area contributed by atoms with E-state index < -0.39 is 39.2 Å². The van der Waals surface area contributed by atoms with Gasteiger partial charge in [-0.05, 0) is 57.4 Å². The molecule has 1 N–H and O–H groups in total. The molecule has 1 aliphatic rings. The number of carboxylic acid groups (broad SMARTS) is 1. The predicted molar refractivity (Wildman–Crippen MR) is 117 cm³/mol. The second-order valence-electron chi connectivity index (χ2n) is 8.69. The lowest BCUT2D eigenvalue weighted by Crippen LogP contribution is -2.41. The molecule has 2 aromatic rings. The van der Waals surface area contributed by atoms with E-state index in [2.05, 4.69) is 0 Å². The van der Waals surface area contributed by atoms with Gasteiger partial charge < -0.3 is 19.5 Å². The summed E-state index contributed by atoms with van der Waals surface area (Å²) in [5.41, 5.74) is -0.427. The molecule has 0 spiro atoms. The minimum atomic E-state index is -4.07. The van der Waals surface area contributed by atoms with Gasteiger partial charge >= 0.3 is 12.1 Å². The number of rotatable bonds is 5. The highest BCUT2D eigenvalue weighted by atomic mass is 32.2. The van der Waals surface area contributed by atoms with E-state index >= 15 is 0 Å². The molecule has 0 aliphatic carbocycles. The molecule has 9 heteroatoms. The quantitative estimate of drug-likeness (QED) is 0.721. The molecular formula is C23H27NO7S. The fourth-order valence-corrected chi connectivity index (χ4v) is 4.95. The maximum atomic E-state index is 13.1. The standard InChI is InChI=1S/C23H27NO7S/c1-23(2,3)31-22(27)24(4)14-16-12-10-15-11-13-18(19(21(25)26)20(15)30-16)32(28,29)17-8-6-5-7-9-17/h5-9,11,13,16H,10,12,14H2,1-4H3,(H,25,26). The molecule has 0 saturated heterocycles. The molecule has 0 aromatic heterocycles. The molecule has 1 heterocycles. The van der Waals surface area contributed by atoms with E-state index in [9.17, 15) is 23.1 Å². The van der Waals surface area contributed by atoms with Crippen LogP contribution in [0.15, 0.2) is 52.3 Å². The number of aryl methyl sites for hydroxylation is 1. The van der Waals surface area contributed by atoms with E-state index in [-0.39, 0.29) is 22.1 Å². The third-order valence-electron chi connectivity index (χ3n) is 4.96. The summed E-state index contributed by atoms with van der Waals surface area (Å²) in [5, 5.41) is 9.89. The summed E-state index contributed by atoms with van der Waals surface area (Å²) < 4.78 is 37.6. The first kappa shape index (κ1) is 23.6. The zero-order valence-electron chi connectivity index (χ0n) is 18.5. The molecule has 8 nitrogen and oxygen atoms in total. The van der Waals surface area contributed by atoms with E-state index in [0.717, 1.165) is 0 Å². The molecule has 172 valence electrons. The number of amides is 1. The SMILES string of the molecule is CN(CC1CCc2ccc(S(=O)(=O)c3ccccc3)c(C(=O)O)c2O1)C(=O)OC(C)(C)C. The van der Waals surface area contributed by atoms with E-state index in [4.69, 9.17) is 9.47 Å². The Morgan fingerprint density at radius 2 is 1.81 bits per heavy atom. The topological polar surface area (TPSA) is 110 Å². The third-order valence-corrected chi connectivity index (χ3v) is 6.77. The minimum Gasteiger partial charge on any atom is -0.487 e. The van der Waals surface area contributed by atoms with Crippen LogP contribution in [0.2, 0.25) is 0 Å². The van der Waals surface area contributed by atoms with Crippen molar-refractivity contribution in [1.29, 1.82) is 0 Å². The van der Waals surface area contributed by atoms with Crippen molar-refractivity contribution in [3.05, 3.63) is 53.6 Å². The molecule has 1 aliphatic heterocycles. The van der Waals surface area contributed by atoms with Crippen molar-refractivity contribution in [2.75, 3.05) is 13.6 Å². The van der Waals surface area contributed by atoms with Gasteiger partial charge in [0, 0.05) is 7.05 Å². The monoisotopic (exact) mass is 461 g/mol. The second-order valence-corrected chi connectivity index (χ2v) is 10.6. The number of benzene rings is 2. The molecule has 0 bridgehead atoms. The fraction of sp³-hybridized carbons (Fsp3) is 0.391. The van der Waals surface area contributed by atoms with E-state index in [0.29, 0.717) is 18.4 Å². The van der Waals surface area contributed by atoms with Gasteiger partial charge in [-0.2, -0.15) is 0 Å². The van der Waals surface area contributed by atoms with Crippen molar-refractivity contribution >= 4 is 21.9 Å². The summed E-state index contributed by atoms with van der Waals surface area (Å²) in [5.74, 6) is -1.36. The summed E-state index contributed by atoms with van der Waals surface area (Å²) in [7, 11) is -2.50. The van der Waals surface area contributed by atoms with Crippen LogP contribution in [-0.4, -0.2) is 55.8 Å². The Morgan fingerprint density at radius 3 is 2.41 bits per heavy atom. The van der Waals surface area contributed by atoms with Gasteiger partial charge in [0.05, 0.1) is 16.3 Å². The zero-order valence-corrected chi connectivity index (χ0v) is 19.3. The third kappa shape index (κ3) is 5.04. The van der Waals surface area contributed by atoms with E-state index in [1.54, 1.807) is 52.1 Å². The number of fused-ring (bicyclic) bond motifs is 1. The van der Waals surface area contributed by atoms with Crippen molar-refractivity contribution in [2.45, 2.75) is 55.1 Å².